The molecule has 2 aliphatic rings. The minimum Gasteiger partial charge on any atom is -0.450 e. The summed E-state index contributed by atoms with van der Waals surface area (Å²) in [6.07, 6.45) is 5.44. The summed E-state index contributed by atoms with van der Waals surface area (Å²) in [6, 6.07) is 0. The first-order valence-electron chi connectivity index (χ1n) is 6.72. The Bertz CT molecular complexity index is 268. The van der Waals surface area contributed by atoms with Gasteiger partial charge in [0.05, 0.1) is 6.61 Å². The van der Waals surface area contributed by atoms with Gasteiger partial charge in [0.25, 0.3) is 0 Å². The first-order valence-corrected chi connectivity index (χ1v) is 6.72. The molecule has 1 aliphatic heterocycles. The van der Waals surface area contributed by atoms with Gasteiger partial charge in [-0.25, -0.2) is 4.79 Å². The summed E-state index contributed by atoms with van der Waals surface area (Å²) in [4.78, 5) is 13.3. The molecule has 0 aromatic rings. The number of piperidine rings is 1. The average molecular weight is 241 g/mol. The molecule has 0 bridgehead atoms. The number of nitrogens with zero attached hydrogens (tertiary/aromatic N) is 1. The normalized spacial score (nSPS) is 23.5. The second-order valence-corrected chi connectivity index (χ2v) is 5.49. The number of aliphatic hydroxyl groups excluding tert-OH is 1. The van der Waals surface area contributed by atoms with Crippen molar-refractivity contribution < 1.29 is 14.6 Å². The van der Waals surface area contributed by atoms with E-state index in [-0.39, 0.29) is 11.5 Å². The highest BCUT2D eigenvalue weighted by atomic mass is 16.6. The van der Waals surface area contributed by atoms with Crippen molar-refractivity contribution in [3.63, 3.8) is 0 Å². The molecule has 1 N–H and O–H groups in total. The molecule has 4 nitrogen and oxygen atoms in total. The molecule has 0 spiro atoms. The van der Waals surface area contributed by atoms with Gasteiger partial charge < -0.3 is 14.7 Å². The van der Waals surface area contributed by atoms with Gasteiger partial charge in [-0.1, -0.05) is 0 Å². The van der Waals surface area contributed by atoms with Gasteiger partial charge in [0, 0.05) is 19.7 Å². The highest BCUT2D eigenvalue weighted by molar-refractivity contribution is 5.67. The molecule has 1 heterocycles. The van der Waals surface area contributed by atoms with E-state index >= 15 is 0 Å². The number of carbonyl (C=O) groups is 1. The lowest BCUT2D eigenvalue weighted by molar-refractivity contribution is 0.0847. The van der Waals surface area contributed by atoms with Crippen molar-refractivity contribution in [2.24, 2.45) is 11.3 Å². The molecule has 98 valence electrons. The third-order valence-corrected chi connectivity index (χ3v) is 4.15. The quantitative estimate of drug-likeness (QED) is 0.819. The Kier molecular flexibility index (Phi) is 3.92. The highest BCUT2D eigenvalue weighted by Crippen LogP contribution is 2.51. The van der Waals surface area contributed by atoms with Crippen LogP contribution in [0.15, 0.2) is 0 Å². The van der Waals surface area contributed by atoms with Crippen molar-refractivity contribution in [1.82, 2.24) is 4.90 Å². The molecule has 0 aromatic carbocycles. The van der Waals surface area contributed by atoms with Crippen molar-refractivity contribution >= 4 is 6.09 Å². The second-order valence-electron chi connectivity index (χ2n) is 5.49. The fourth-order valence-corrected chi connectivity index (χ4v) is 2.75. The van der Waals surface area contributed by atoms with Crippen LogP contribution in [0.25, 0.3) is 0 Å². The SMILES string of the molecule is CCOC(=O)N1CCC(CC2(CO)CC2)CC1. The summed E-state index contributed by atoms with van der Waals surface area (Å²) in [5, 5.41) is 9.31. The number of hydrogen-bond donors (Lipinski definition) is 1. The van der Waals surface area contributed by atoms with Crippen LogP contribution in [0.4, 0.5) is 4.79 Å². The van der Waals surface area contributed by atoms with Crippen LogP contribution in [-0.4, -0.2) is 42.4 Å². The molecule has 0 radical (unpaired) electrons. The van der Waals surface area contributed by atoms with Crippen LogP contribution in [0.1, 0.15) is 39.0 Å². The monoisotopic (exact) mass is 241 g/mol. The third-order valence-electron chi connectivity index (χ3n) is 4.15. The summed E-state index contributed by atoms with van der Waals surface area (Å²) < 4.78 is 5.00. The third kappa shape index (κ3) is 3.12. The molecule has 1 saturated carbocycles. The lowest BCUT2D eigenvalue weighted by Crippen LogP contribution is -2.39. The predicted molar refractivity (Wildman–Crippen MR) is 64.7 cm³/mol. The molecule has 4 heteroatoms. The summed E-state index contributed by atoms with van der Waals surface area (Å²) in [7, 11) is 0. The van der Waals surface area contributed by atoms with E-state index in [2.05, 4.69) is 0 Å². The molecular formula is C13H23NO3. The van der Waals surface area contributed by atoms with E-state index < -0.39 is 0 Å². The van der Waals surface area contributed by atoms with E-state index in [1.54, 1.807) is 4.90 Å². The van der Waals surface area contributed by atoms with Crippen LogP contribution in [0.5, 0.6) is 0 Å². The molecule has 0 atom stereocenters. The number of ether oxygens (including phenoxy) is 1. The van der Waals surface area contributed by atoms with Crippen LogP contribution in [0.2, 0.25) is 0 Å². The Balaban J connectivity index is 1.72. The van der Waals surface area contributed by atoms with Gasteiger partial charge >= 0.3 is 6.09 Å². The van der Waals surface area contributed by atoms with E-state index in [1.165, 1.54) is 12.8 Å². The van der Waals surface area contributed by atoms with E-state index in [1.807, 2.05) is 6.92 Å². The maximum Gasteiger partial charge on any atom is 0.409 e. The number of rotatable bonds is 4. The van der Waals surface area contributed by atoms with Gasteiger partial charge in [0.1, 0.15) is 0 Å². The highest BCUT2D eigenvalue weighted by Gasteiger charge is 2.43. The molecule has 0 unspecified atom stereocenters. The predicted octanol–water partition coefficient (Wildman–Crippen LogP) is 2.02. The van der Waals surface area contributed by atoms with E-state index in [0.717, 1.165) is 32.4 Å². The Hall–Kier alpha value is -0.770. The van der Waals surface area contributed by atoms with E-state index in [0.29, 0.717) is 19.1 Å². The van der Waals surface area contributed by atoms with E-state index in [4.69, 9.17) is 4.74 Å². The standard InChI is InChI=1S/C13H23NO3/c1-2-17-12(16)14-7-3-11(4-8-14)9-13(10-15)5-6-13/h11,15H,2-10H2,1H3. The first-order chi connectivity index (χ1) is 8.19. The zero-order valence-corrected chi connectivity index (χ0v) is 10.7. The molecule has 2 fully saturated rings. The fraction of sp³-hybridized carbons (Fsp3) is 0.923. The molecule has 0 aromatic heterocycles. The Labute approximate surface area is 103 Å². The van der Waals surface area contributed by atoms with Gasteiger partial charge in [-0.3, -0.25) is 0 Å². The molecule has 1 amide bonds. The fourth-order valence-electron chi connectivity index (χ4n) is 2.75. The van der Waals surface area contributed by atoms with Crippen molar-refractivity contribution in [2.75, 3.05) is 26.3 Å². The zero-order valence-electron chi connectivity index (χ0n) is 10.7. The van der Waals surface area contributed by atoms with Crippen molar-refractivity contribution in [1.29, 1.82) is 0 Å². The number of amides is 1. The molecule has 17 heavy (non-hydrogen) atoms. The topological polar surface area (TPSA) is 49.8 Å². The lowest BCUT2D eigenvalue weighted by atomic mass is 9.86. The van der Waals surface area contributed by atoms with Gasteiger partial charge in [-0.05, 0) is 50.4 Å². The summed E-state index contributed by atoms with van der Waals surface area (Å²) >= 11 is 0. The van der Waals surface area contributed by atoms with Crippen LogP contribution in [-0.2, 0) is 4.74 Å². The van der Waals surface area contributed by atoms with Gasteiger partial charge in [0.2, 0.25) is 0 Å². The number of carbonyl (C=O) groups excluding carboxylic acids is 1. The first kappa shape index (κ1) is 12.7. The van der Waals surface area contributed by atoms with Crippen LogP contribution < -0.4 is 0 Å². The van der Waals surface area contributed by atoms with Gasteiger partial charge in [-0.2, -0.15) is 0 Å². The van der Waals surface area contributed by atoms with Crippen LogP contribution in [0.3, 0.4) is 0 Å². The van der Waals surface area contributed by atoms with Crippen molar-refractivity contribution in [3.8, 4) is 0 Å². The van der Waals surface area contributed by atoms with Crippen LogP contribution >= 0.6 is 0 Å². The van der Waals surface area contributed by atoms with Crippen molar-refractivity contribution in [2.45, 2.75) is 39.0 Å². The summed E-state index contributed by atoms with van der Waals surface area (Å²) in [6.45, 7) is 4.25. The van der Waals surface area contributed by atoms with Crippen LogP contribution in [0, 0.1) is 11.3 Å². The largest absolute Gasteiger partial charge is 0.450 e. The molecular weight excluding hydrogens is 218 g/mol. The van der Waals surface area contributed by atoms with Gasteiger partial charge in [-0.15, -0.1) is 0 Å². The minimum absolute atomic E-state index is 0.172. The number of hydrogen-bond acceptors (Lipinski definition) is 3. The number of likely N-dealkylation sites (tertiary alicyclic amines) is 1. The Morgan fingerprint density at radius 2 is 2.06 bits per heavy atom. The maximum absolute atomic E-state index is 11.5. The lowest BCUT2D eigenvalue weighted by Gasteiger charge is -2.32. The second kappa shape index (κ2) is 5.25. The minimum atomic E-state index is -0.172. The average Bonchev–Trinajstić information content (AvgIpc) is 3.11. The van der Waals surface area contributed by atoms with Gasteiger partial charge in [0.15, 0.2) is 0 Å². The zero-order chi connectivity index (χ0) is 12.3. The summed E-state index contributed by atoms with van der Waals surface area (Å²) in [5.41, 5.74) is 0.247. The Morgan fingerprint density at radius 1 is 1.41 bits per heavy atom. The Morgan fingerprint density at radius 3 is 2.53 bits per heavy atom. The number of aliphatic hydroxyl groups is 1. The molecule has 1 aliphatic carbocycles. The maximum atomic E-state index is 11.5. The molecule has 2 rings (SSSR count). The molecule has 1 saturated heterocycles. The smallest absolute Gasteiger partial charge is 0.409 e. The summed E-state index contributed by atoms with van der Waals surface area (Å²) in [5.74, 6) is 0.676. The van der Waals surface area contributed by atoms with Crippen molar-refractivity contribution in [3.05, 3.63) is 0 Å². The van der Waals surface area contributed by atoms with E-state index in [9.17, 15) is 9.90 Å².